The van der Waals surface area contributed by atoms with Gasteiger partial charge in [-0.2, -0.15) is 11.8 Å². The molecule has 0 spiro atoms. The number of nitrogens with zero attached hydrogens (tertiary/aromatic N) is 4. The second-order valence-electron chi connectivity index (χ2n) is 5.47. The standard InChI is InChI=1S/C16H16N4O2S/c1-11-2-3-13(22-11)12-10-23-9-8-20(12)16(21)14-15-18-5-7-19(15)6-4-17-14/h2-7,12H,8-10H2,1H3/t12-/m1/s1. The Hall–Kier alpha value is -2.28. The summed E-state index contributed by atoms with van der Waals surface area (Å²) in [4.78, 5) is 23.5. The maximum atomic E-state index is 13.1. The predicted molar refractivity (Wildman–Crippen MR) is 87.5 cm³/mol. The number of carbonyl (C=O) groups excluding carboxylic acids is 1. The van der Waals surface area contributed by atoms with E-state index in [9.17, 15) is 4.79 Å². The molecule has 118 valence electrons. The molecule has 23 heavy (non-hydrogen) atoms. The quantitative estimate of drug-likeness (QED) is 0.723. The Balaban J connectivity index is 1.72. The number of hydrogen-bond acceptors (Lipinski definition) is 5. The molecule has 1 aliphatic rings. The van der Waals surface area contributed by atoms with Gasteiger partial charge in [-0.25, -0.2) is 9.97 Å². The van der Waals surface area contributed by atoms with Crippen molar-refractivity contribution in [3.8, 4) is 0 Å². The van der Waals surface area contributed by atoms with E-state index in [0.29, 0.717) is 17.9 Å². The normalized spacial score (nSPS) is 18.5. The third-order valence-electron chi connectivity index (χ3n) is 3.99. The van der Waals surface area contributed by atoms with E-state index in [4.69, 9.17) is 4.42 Å². The van der Waals surface area contributed by atoms with Gasteiger partial charge >= 0.3 is 0 Å². The molecule has 1 saturated heterocycles. The fourth-order valence-corrected chi connectivity index (χ4v) is 3.92. The minimum absolute atomic E-state index is 0.0630. The number of aromatic nitrogens is 3. The summed E-state index contributed by atoms with van der Waals surface area (Å²) in [6.07, 6.45) is 6.91. The summed E-state index contributed by atoms with van der Waals surface area (Å²) in [5, 5.41) is 0. The summed E-state index contributed by atoms with van der Waals surface area (Å²) in [6.45, 7) is 2.59. The summed E-state index contributed by atoms with van der Waals surface area (Å²) in [5.41, 5.74) is 0.975. The van der Waals surface area contributed by atoms with Crippen LogP contribution in [0.2, 0.25) is 0 Å². The molecule has 0 unspecified atom stereocenters. The van der Waals surface area contributed by atoms with E-state index in [-0.39, 0.29) is 11.9 Å². The van der Waals surface area contributed by atoms with Crippen LogP contribution in [0.4, 0.5) is 0 Å². The Morgan fingerprint density at radius 3 is 2.91 bits per heavy atom. The van der Waals surface area contributed by atoms with E-state index in [1.165, 1.54) is 0 Å². The molecule has 1 atom stereocenters. The van der Waals surface area contributed by atoms with Gasteiger partial charge in [0.15, 0.2) is 11.3 Å². The minimum atomic E-state index is -0.0962. The van der Waals surface area contributed by atoms with Crippen molar-refractivity contribution in [3.63, 3.8) is 0 Å². The molecule has 0 N–H and O–H groups in total. The van der Waals surface area contributed by atoms with Crippen LogP contribution in [-0.2, 0) is 0 Å². The van der Waals surface area contributed by atoms with Crippen LogP contribution in [0.1, 0.15) is 28.1 Å². The molecule has 0 aliphatic carbocycles. The molecule has 6 nitrogen and oxygen atoms in total. The number of amides is 1. The van der Waals surface area contributed by atoms with Crippen molar-refractivity contribution >= 4 is 23.3 Å². The summed E-state index contributed by atoms with van der Waals surface area (Å²) in [7, 11) is 0. The lowest BCUT2D eigenvalue weighted by molar-refractivity contribution is 0.0676. The fraction of sp³-hybridized carbons (Fsp3) is 0.312. The van der Waals surface area contributed by atoms with Gasteiger partial charge in [-0.05, 0) is 19.1 Å². The molecule has 0 radical (unpaired) electrons. The van der Waals surface area contributed by atoms with Crippen LogP contribution in [0.15, 0.2) is 41.3 Å². The molecule has 4 heterocycles. The van der Waals surface area contributed by atoms with Gasteiger partial charge < -0.3 is 13.7 Å². The topological polar surface area (TPSA) is 63.6 Å². The van der Waals surface area contributed by atoms with Crippen LogP contribution in [0.3, 0.4) is 0 Å². The Morgan fingerprint density at radius 2 is 2.13 bits per heavy atom. The first kappa shape index (κ1) is 14.3. The van der Waals surface area contributed by atoms with Crippen LogP contribution in [0.5, 0.6) is 0 Å². The van der Waals surface area contributed by atoms with E-state index in [1.54, 1.807) is 18.6 Å². The lowest BCUT2D eigenvalue weighted by atomic mass is 10.2. The maximum Gasteiger partial charge on any atom is 0.277 e. The summed E-state index contributed by atoms with van der Waals surface area (Å²) < 4.78 is 7.57. The van der Waals surface area contributed by atoms with Gasteiger partial charge in [0.2, 0.25) is 0 Å². The lowest BCUT2D eigenvalue weighted by Gasteiger charge is -2.33. The molecule has 1 aliphatic heterocycles. The highest BCUT2D eigenvalue weighted by atomic mass is 32.2. The van der Waals surface area contributed by atoms with Crippen molar-refractivity contribution in [1.29, 1.82) is 0 Å². The SMILES string of the molecule is Cc1ccc([C@H]2CSCCN2C(=O)c2nccn3ccnc23)o1. The first-order chi connectivity index (χ1) is 11.2. The summed E-state index contributed by atoms with van der Waals surface area (Å²) in [6, 6.07) is 3.83. The molecule has 0 saturated carbocycles. The smallest absolute Gasteiger partial charge is 0.277 e. The average Bonchev–Trinajstić information content (AvgIpc) is 3.22. The molecule has 0 bridgehead atoms. The zero-order valence-electron chi connectivity index (χ0n) is 12.7. The van der Waals surface area contributed by atoms with E-state index >= 15 is 0 Å². The Morgan fingerprint density at radius 1 is 1.30 bits per heavy atom. The molecular weight excluding hydrogens is 312 g/mol. The second kappa shape index (κ2) is 5.73. The largest absolute Gasteiger partial charge is 0.464 e. The highest BCUT2D eigenvalue weighted by Crippen LogP contribution is 2.32. The van der Waals surface area contributed by atoms with E-state index in [2.05, 4.69) is 9.97 Å². The van der Waals surface area contributed by atoms with Crippen LogP contribution >= 0.6 is 11.8 Å². The minimum Gasteiger partial charge on any atom is -0.464 e. The maximum absolute atomic E-state index is 13.1. The van der Waals surface area contributed by atoms with Gasteiger partial charge in [-0.15, -0.1) is 0 Å². The van der Waals surface area contributed by atoms with Crippen molar-refractivity contribution in [2.24, 2.45) is 0 Å². The number of fused-ring (bicyclic) bond motifs is 1. The van der Waals surface area contributed by atoms with Crippen LogP contribution in [-0.4, -0.2) is 43.2 Å². The number of hydrogen-bond donors (Lipinski definition) is 0. The first-order valence-electron chi connectivity index (χ1n) is 7.47. The van der Waals surface area contributed by atoms with Gasteiger partial charge in [-0.1, -0.05) is 0 Å². The predicted octanol–water partition coefficient (Wildman–Crippen LogP) is 2.56. The zero-order valence-corrected chi connectivity index (χ0v) is 13.5. The molecule has 3 aromatic heterocycles. The molecule has 3 aromatic rings. The number of imidazole rings is 1. The summed E-state index contributed by atoms with van der Waals surface area (Å²) in [5.74, 6) is 3.34. The molecule has 1 fully saturated rings. The van der Waals surface area contributed by atoms with Crippen molar-refractivity contribution in [2.45, 2.75) is 13.0 Å². The monoisotopic (exact) mass is 328 g/mol. The van der Waals surface area contributed by atoms with Gasteiger partial charge in [0.1, 0.15) is 11.5 Å². The highest BCUT2D eigenvalue weighted by molar-refractivity contribution is 7.99. The number of rotatable bonds is 2. The highest BCUT2D eigenvalue weighted by Gasteiger charge is 2.32. The van der Waals surface area contributed by atoms with Gasteiger partial charge in [0.25, 0.3) is 5.91 Å². The van der Waals surface area contributed by atoms with E-state index in [1.807, 2.05) is 46.3 Å². The van der Waals surface area contributed by atoms with Crippen LogP contribution < -0.4 is 0 Å². The number of thioether (sulfide) groups is 1. The molecular formula is C16H16N4O2S. The average molecular weight is 328 g/mol. The van der Waals surface area contributed by atoms with Gasteiger partial charge in [0, 0.05) is 42.8 Å². The van der Waals surface area contributed by atoms with E-state index in [0.717, 1.165) is 23.0 Å². The molecule has 4 rings (SSSR count). The summed E-state index contributed by atoms with van der Waals surface area (Å²) >= 11 is 1.83. The van der Waals surface area contributed by atoms with Crippen LogP contribution in [0.25, 0.3) is 5.65 Å². The fourth-order valence-electron chi connectivity index (χ4n) is 2.86. The van der Waals surface area contributed by atoms with E-state index < -0.39 is 0 Å². The molecule has 0 aromatic carbocycles. The van der Waals surface area contributed by atoms with Crippen molar-refractivity contribution in [1.82, 2.24) is 19.3 Å². The van der Waals surface area contributed by atoms with Crippen molar-refractivity contribution in [3.05, 3.63) is 54.1 Å². The molecule has 1 amide bonds. The van der Waals surface area contributed by atoms with Gasteiger partial charge in [-0.3, -0.25) is 4.79 Å². The number of carbonyl (C=O) groups is 1. The number of furan rings is 1. The Kier molecular flexibility index (Phi) is 3.57. The Bertz CT molecular complexity index is 857. The third kappa shape index (κ3) is 2.50. The molecule has 7 heteroatoms. The lowest BCUT2D eigenvalue weighted by Crippen LogP contribution is -2.41. The Labute approximate surface area is 137 Å². The van der Waals surface area contributed by atoms with Crippen LogP contribution in [0, 0.1) is 6.92 Å². The number of aryl methyl sites for hydroxylation is 1. The van der Waals surface area contributed by atoms with Crippen molar-refractivity contribution < 1.29 is 9.21 Å². The first-order valence-corrected chi connectivity index (χ1v) is 8.62. The second-order valence-corrected chi connectivity index (χ2v) is 6.62. The van der Waals surface area contributed by atoms with Gasteiger partial charge in [0.05, 0.1) is 6.04 Å². The van der Waals surface area contributed by atoms with Crippen molar-refractivity contribution in [2.75, 3.05) is 18.1 Å². The zero-order chi connectivity index (χ0) is 15.8. The third-order valence-corrected chi connectivity index (χ3v) is 5.02.